The van der Waals surface area contributed by atoms with Crippen LogP contribution in [-0.4, -0.2) is 24.3 Å². The second kappa shape index (κ2) is 4.73. The lowest BCUT2D eigenvalue weighted by atomic mass is 10.2. The molecule has 0 saturated heterocycles. The van der Waals surface area contributed by atoms with E-state index in [-0.39, 0.29) is 0 Å². The molecule has 2 N–H and O–H groups in total. The summed E-state index contributed by atoms with van der Waals surface area (Å²) in [6.07, 6.45) is 4.69. The average molecular weight is 157 g/mol. The van der Waals surface area contributed by atoms with E-state index in [2.05, 4.69) is 12.2 Å². The predicted molar refractivity (Wildman–Crippen MR) is 46.5 cm³/mol. The van der Waals surface area contributed by atoms with Crippen LogP contribution in [0.15, 0.2) is 0 Å². The van der Waals surface area contributed by atoms with E-state index in [0.717, 1.165) is 31.3 Å². The Kier molecular flexibility index (Phi) is 3.87. The molecule has 11 heavy (non-hydrogen) atoms. The van der Waals surface area contributed by atoms with E-state index in [4.69, 9.17) is 5.11 Å². The number of rotatable bonds is 6. The van der Waals surface area contributed by atoms with Crippen LogP contribution < -0.4 is 5.32 Å². The second-order valence-electron chi connectivity index (χ2n) is 3.56. The van der Waals surface area contributed by atoms with E-state index in [9.17, 15) is 0 Å². The van der Waals surface area contributed by atoms with Gasteiger partial charge in [0.15, 0.2) is 0 Å². The first-order chi connectivity index (χ1) is 5.34. The summed E-state index contributed by atoms with van der Waals surface area (Å²) in [4.78, 5) is 0. The van der Waals surface area contributed by atoms with Crippen LogP contribution in [0.4, 0.5) is 0 Å². The van der Waals surface area contributed by atoms with Crippen molar-refractivity contribution in [2.75, 3.05) is 13.2 Å². The fraction of sp³-hybridized carbons (Fsp3) is 1.00. The van der Waals surface area contributed by atoms with Gasteiger partial charge in [0.2, 0.25) is 0 Å². The number of nitrogens with one attached hydrogen (secondary N) is 1. The Morgan fingerprint density at radius 2 is 2.09 bits per heavy atom. The fourth-order valence-corrected chi connectivity index (χ4v) is 1.31. The third-order valence-corrected chi connectivity index (χ3v) is 2.35. The highest BCUT2D eigenvalue weighted by Crippen LogP contribution is 2.28. The van der Waals surface area contributed by atoms with E-state index >= 15 is 0 Å². The normalized spacial score (nSPS) is 28.9. The largest absolute Gasteiger partial charge is 0.396 e. The van der Waals surface area contributed by atoms with Crippen molar-refractivity contribution in [1.82, 2.24) is 5.32 Å². The van der Waals surface area contributed by atoms with Crippen molar-refractivity contribution in [1.29, 1.82) is 0 Å². The number of unbranched alkanes of at least 4 members (excludes halogenated alkanes) is 2. The van der Waals surface area contributed by atoms with Gasteiger partial charge in [0.25, 0.3) is 0 Å². The van der Waals surface area contributed by atoms with Crippen LogP contribution in [0.25, 0.3) is 0 Å². The maximum atomic E-state index is 8.51. The molecule has 0 amide bonds. The van der Waals surface area contributed by atoms with Gasteiger partial charge in [-0.05, 0) is 38.1 Å². The topological polar surface area (TPSA) is 32.3 Å². The summed E-state index contributed by atoms with van der Waals surface area (Å²) in [6, 6.07) is 0.809. The molecule has 0 aromatic heterocycles. The molecule has 0 bridgehead atoms. The molecule has 0 heterocycles. The zero-order valence-electron chi connectivity index (χ0n) is 7.34. The number of aliphatic hydroxyl groups excluding tert-OH is 1. The van der Waals surface area contributed by atoms with Crippen molar-refractivity contribution in [2.24, 2.45) is 5.92 Å². The Balaban J connectivity index is 1.74. The Morgan fingerprint density at radius 1 is 1.36 bits per heavy atom. The Labute approximate surface area is 69.0 Å². The zero-order valence-corrected chi connectivity index (χ0v) is 7.34. The van der Waals surface area contributed by atoms with Crippen LogP contribution in [0.3, 0.4) is 0 Å². The lowest BCUT2D eigenvalue weighted by Crippen LogP contribution is -2.18. The summed E-state index contributed by atoms with van der Waals surface area (Å²) in [5.41, 5.74) is 0. The third kappa shape index (κ3) is 3.73. The molecule has 2 nitrogen and oxygen atoms in total. The summed E-state index contributed by atoms with van der Waals surface area (Å²) in [5.74, 6) is 0.910. The van der Waals surface area contributed by atoms with Gasteiger partial charge in [0.1, 0.15) is 0 Å². The van der Waals surface area contributed by atoms with Crippen molar-refractivity contribution in [3.8, 4) is 0 Å². The summed E-state index contributed by atoms with van der Waals surface area (Å²) < 4.78 is 0. The molecule has 1 aliphatic carbocycles. The van der Waals surface area contributed by atoms with Gasteiger partial charge in [-0.3, -0.25) is 0 Å². The van der Waals surface area contributed by atoms with Crippen LogP contribution in [0.5, 0.6) is 0 Å². The second-order valence-corrected chi connectivity index (χ2v) is 3.56. The van der Waals surface area contributed by atoms with Gasteiger partial charge in [0, 0.05) is 12.6 Å². The molecule has 66 valence electrons. The molecule has 1 rings (SSSR count). The van der Waals surface area contributed by atoms with Gasteiger partial charge in [-0.25, -0.2) is 0 Å². The van der Waals surface area contributed by atoms with Gasteiger partial charge < -0.3 is 10.4 Å². The standard InChI is InChI=1S/C9H19NO/c1-8-7-9(8)10-5-3-2-4-6-11/h8-11H,2-7H2,1H3. The van der Waals surface area contributed by atoms with Gasteiger partial charge in [-0.15, -0.1) is 0 Å². The van der Waals surface area contributed by atoms with Crippen molar-refractivity contribution in [3.63, 3.8) is 0 Å². The molecule has 1 aliphatic rings. The van der Waals surface area contributed by atoms with Gasteiger partial charge in [0.05, 0.1) is 0 Å². The molecular formula is C9H19NO. The van der Waals surface area contributed by atoms with Gasteiger partial charge in [-0.1, -0.05) is 6.92 Å². The van der Waals surface area contributed by atoms with E-state index in [1.165, 1.54) is 12.8 Å². The van der Waals surface area contributed by atoms with Crippen molar-refractivity contribution in [2.45, 2.75) is 38.6 Å². The van der Waals surface area contributed by atoms with E-state index in [0.29, 0.717) is 6.61 Å². The van der Waals surface area contributed by atoms with E-state index < -0.39 is 0 Å². The van der Waals surface area contributed by atoms with Crippen LogP contribution >= 0.6 is 0 Å². The molecule has 0 spiro atoms. The fourth-order valence-electron chi connectivity index (χ4n) is 1.31. The maximum absolute atomic E-state index is 8.51. The summed E-state index contributed by atoms with van der Waals surface area (Å²) in [6.45, 7) is 3.76. The Hall–Kier alpha value is -0.0800. The third-order valence-electron chi connectivity index (χ3n) is 2.35. The van der Waals surface area contributed by atoms with Gasteiger partial charge in [-0.2, -0.15) is 0 Å². The predicted octanol–water partition coefficient (Wildman–Crippen LogP) is 1.15. The molecule has 2 unspecified atom stereocenters. The van der Waals surface area contributed by atoms with Crippen molar-refractivity contribution in [3.05, 3.63) is 0 Å². The van der Waals surface area contributed by atoms with Crippen LogP contribution in [0, 0.1) is 5.92 Å². The number of aliphatic hydroxyl groups is 1. The van der Waals surface area contributed by atoms with Crippen LogP contribution in [0.2, 0.25) is 0 Å². The van der Waals surface area contributed by atoms with Gasteiger partial charge >= 0.3 is 0 Å². The number of hydrogen-bond acceptors (Lipinski definition) is 2. The monoisotopic (exact) mass is 157 g/mol. The SMILES string of the molecule is CC1CC1NCCCCCO. The molecule has 2 heteroatoms. The molecule has 0 aromatic rings. The molecule has 1 saturated carbocycles. The lowest BCUT2D eigenvalue weighted by Gasteiger charge is -2.01. The van der Waals surface area contributed by atoms with E-state index in [1.807, 2.05) is 0 Å². The Bertz CT molecular complexity index is 106. The minimum Gasteiger partial charge on any atom is -0.396 e. The summed E-state index contributed by atoms with van der Waals surface area (Å²) in [5, 5.41) is 12.0. The Morgan fingerprint density at radius 3 is 2.64 bits per heavy atom. The van der Waals surface area contributed by atoms with Crippen molar-refractivity contribution >= 4 is 0 Å². The molecular weight excluding hydrogens is 138 g/mol. The zero-order chi connectivity index (χ0) is 8.10. The lowest BCUT2D eigenvalue weighted by molar-refractivity contribution is 0.283. The minimum atomic E-state index is 0.347. The molecule has 0 aromatic carbocycles. The smallest absolute Gasteiger partial charge is 0.0431 e. The quantitative estimate of drug-likeness (QED) is 0.567. The first-order valence-electron chi connectivity index (χ1n) is 4.69. The summed E-state index contributed by atoms with van der Waals surface area (Å²) >= 11 is 0. The molecule has 0 radical (unpaired) electrons. The highest BCUT2D eigenvalue weighted by atomic mass is 16.2. The van der Waals surface area contributed by atoms with Crippen LogP contribution in [0.1, 0.15) is 32.6 Å². The van der Waals surface area contributed by atoms with Crippen LogP contribution in [-0.2, 0) is 0 Å². The first kappa shape index (κ1) is 9.01. The van der Waals surface area contributed by atoms with Crippen molar-refractivity contribution < 1.29 is 5.11 Å². The summed E-state index contributed by atoms with van der Waals surface area (Å²) in [7, 11) is 0. The first-order valence-corrected chi connectivity index (χ1v) is 4.69. The highest BCUT2D eigenvalue weighted by molar-refractivity contribution is 4.89. The minimum absolute atomic E-state index is 0.347. The molecule has 0 aliphatic heterocycles. The average Bonchev–Trinajstić information content (AvgIpc) is 2.67. The van der Waals surface area contributed by atoms with E-state index in [1.54, 1.807) is 0 Å². The molecule has 1 fully saturated rings. The maximum Gasteiger partial charge on any atom is 0.0431 e. The molecule has 2 atom stereocenters. The highest BCUT2D eigenvalue weighted by Gasteiger charge is 2.31. The number of hydrogen-bond donors (Lipinski definition) is 2.